The van der Waals surface area contributed by atoms with Gasteiger partial charge in [0.1, 0.15) is 6.10 Å². The summed E-state index contributed by atoms with van der Waals surface area (Å²) in [6, 6.07) is 3.39. The van der Waals surface area contributed by atoms with Crippen LogP contribution < -0.4 is 10.1 Å². The summed E-state index contributed by atoms with van der Waals surface area (Å²) in [6.07, 6.45) is 3.43. The molecule has 132 valence electrons. The van der Waals surface area contributed by atoms with Gasteiger partial charge >= 0.3 is 0 Å². The van der Waals surface area contributed by atoms with Crippen LogP contribution in [-0.2, 0) is 9.47 Å². The third-order valence-corrected chi connectivity index (χ3v) is 4.21. The minimum atomic E-state index is -0.0908. The van der Waals surface area contributed by atoms with Crippen molar-refractivity contribution in [2.75, 3.05) is 52.6 Å². The van der Waals surface area contributed by atoms with Crippen LogP contribution >= 0.6 is 0 Å². The van der Waals surface area contributed by atoms with Crippen molar-refractivity contribution in [3.8, 4) is 5.88 Å². The molecule has 1 amide bonds. The van der Waals surface area contributed by atoms with E-state index in [-0.39, 0.29) is 12.0 Å². The van der Waals surface area contributed by atoms with Crippen LogP contribution in [0.25, 0.3) is 0 Å². The Morgan fingerprint density at radius 2 is 2.21 bits per heavy atom. The average Bonchev–Trinajstić information content (AvgIpc) is 3.13. The number of rotatable bonds is 7. The van der Waals surface area contributed by atoms with Gasteiger partial charge in [0.15, 0.2) is 0 Å². The van der Waals surface area contributed by atoms with Crippen LogP contribution in [0.4, 0.5) is 0 Å². The molecular formula is C17H25N3O4. The highest BCUT2D eigenvalue weighted by Crippen LogP contribution is 2.15. The number of aromatic nitrogens is 1. The number of carbonyl (C=O) groups excluding carboxylic acids is 1. The summed E-state index contributed by atoms with van der Waals surface area (Å²) < 4.78 is 16.3. The van der Waals surface area contributed by atoms with Crippen molar-refractivity contribution in [3.63, 3.8) is 0 Å². The van der Waals surface area contributed by atoms with Gasteiger partial charge in [-0.05, 0) is 19.0 Å². The number of pyridine rings is 1. The van der Waals surface area contributed by atoms with Gasteiger partial charge in [-0.1, -0.05) is 0 Å². The largest absolute Gasteiger partial charge is 0.472 e. The predicted octanol–water partition coefficient (Wildman–Crippen LogP) is 0.701. The number of nitrogens with one attached hydrogen (secondary N) is 1. The predicted molar refractivity (Wildman–Crippen MR) is 88.3 cm³/mol. The van der Waals surface area contributed by atoms with Gasteiger partial charge < -0.3 is 19.5 Å². The van der Waals surface area contributed by atoms with Crippen molar-refractivity contribution in [1.29, 1.82) is 0 Å². The van der Waals surface area contributed by atoms with Crippen LogP contribution in [0.5, 0.6) is 5.88 Å². The Labute approximate surface area is 142 Å². The van der Waals surface area contributed by atoms with E-state index in [9.17, 15) is 4.79 Å². The third-order valence-electron chi connectivity index (χ3n) is 4.21. The summed E-state index contributed by atoms with van der Waals surface area (Å²) in [5.41, 5.74) is 0.574. The Morgan fingerprint density at radius 1 is 1.33 bits per heavy atom. The molecule has 0 aliphatic carbocycles. The molecule has 24 heavy (non-hydrogen) atoms. The molecule has 1 atom stereocenters. The van der Waals surface area contributed by atoms with Gasteiger partial charge in [-0.3, -0.25) is 9.69 Å². The molecule has 0 saturated carbocycles. The third kappa shape index (κ3) is 5.15. The second-order valence-electron chi connectivity index (χ2n) is 6.05. The van der Waals surface area contributed by atoms with Crippen LogP contribution in [0.1, 0.15) is 23.2 Å². The first-order chi connectivity index (χ1) is 11.8. The second kappa shape index (κ2) is 8.96. The lowest BCUT2D eigenvalue weighted by molar-refractivity contribution is 0.0374. The minimum Gasteiger partial charge on any atom is -0.472 e. The van der Waals surface area contributed by atoms with Gasteiger partial charge in [-0.2, -0.15) is 0 Å². The maximum Gasteiger partial charge on any atom is 0.251 e. The molecule has 0 radical (unpaired) electrons. The van der Waals surface area contributed by atoms with Crippen LogP contribution in [0.3, 0.4) is 0 Å². The number of nitrogens with zero attached hydrogens (tertiary/aromatic N) is 2. The van der Waals surface area contributed by atoms with E-state index in [2.05, 4.69) is 15.2 Å². The van der Waals surface area contributed by atoms with Crippen molar-refractivity contribution in [3.05, 3.63) is 23.9 Å². The molecule has 1 aromatic rings. The van der Waals surface area contributed by atoms with Crippen molar-refractivity contribution in [2.45, 2.75) is 18.9 Å². The van der Waals surface area contributed by atoms with Gasteiger partial charge in [0.25, 0.3) is 5.91 Å². The van der Waals surface area contributed by atoms with Gasteiger partial charge in [0.2, 0.25) is 5.88 Å². The molecule has 0 spiro atoms. The Balaban J connectivity index is 1.40. The summed E-state index contributed by atoms with van der Waals surface area (Å²) in [4.78, 5) is 18.8. The molecule has 1 unspecified atom stereocenters. The van der Waals surface area contributed by atoms with E-state index in [4.69, 9.17) is 14.2 Å². The highest BCUT2D eigenvalue weighted by Gasteiger charge is 2.18. The van der Waals surface area contributed by atoms with Crippen LogP contribution in [0, 0.1) is 0 Å². The summed E-state index contributed by atoms with van der Waals surface area (Å²) in [5.74, 6) is 0.387. The average molecular weight is 335 g/mol. The van der Waals surface area contributed by atoms with Crippen molar-refractivity contribution < 1.29 is 19.0 Å². The molecule has 1 aromatic heterocycles. The second-order valence-corrected chi connectivity index (χ2v) is 6.05. The molecule has 2 aliphatic rings. The molecule has 7 nitrogen and oxygen atoms in total. The summed E-state index contributed by atoms with van der Waals surface area (Å²) >= 11 is 0. The Hall–Kier alpha value is -1.70. The SMILES string of the molecule is O=C(NCCCN1CCOCC1)c1ccnc(OC2CCOC2)c1. The van der Waals surface area contributed by atoms with E-state index in [0.29, 0.717) is 31.2 Å². The molecule has 7 heteroatoms. The lowest BCUT2D eigenvalue weighted by atomic mass is 10.2. The van der Waals surface area contributed by atoms with E-state index in [1.807, 2.05) is 0 Å². The standard InChI is InChI=1S/C17H25N3O4/c21-17(19-4-1-6-20-7-10-22-11-8-20)14-2-5-18-16(12-14)24-15-3-9-23-13-15/h2,5,12,15H,1,3-4,6-11,13H2,(H,19,21). The van der Waals surface area contributed by atoms with Gasteiger partial charge in [0.05, 0.1) is 26.4 Å². The van der Waals surface area contributed by atoms with Crippen LogP contribution in [-0.4, -0.2) is 74.5 Å². The quantitative estimate of drug-likeness (QED) is 0.740. The van der Waals surface area contributed by atoms with E-state index in [1.165, 1.54) is 0 Å². The zero-order valence-corrected chi connectivity index (χ0v) is 13.9. The zero-order valence-electron chi connectivity index (χ0n) is 13.9. The fourth-order valence-corrected chi connectivity index (χ4v) is 2.82. The minimum absolute atomic E-state index is 0.0318. The smallest absolute Gasteiger partial charge is 0.251 e. The number of hydrogen-bond acceptors (Lipinski definition) is 6. The van der Waals surface area contributed by atoms with Crippen molar-refractivity contribution in [1.82, 2.24) is 15.2 Å². The maximum absolute atomic E-state index is 12.2. The van der Waals surface area contributed by atoms with Crippen LogP contribution in [0.2, 0.25) is 0 Å². The molecule has 3 rings (SSSR count). The van der Waals surface area contributed by atoms with Gasteiger partial charge in [-0.25, -0.2) is 4.98 Å². The number of ether oxygens (including phenoxy) is 3. The normalized spacial score (nSPS) is 21.6. The molecule has 3 heterocycles. The van der Waals surface area contributed by atoms with E-state index >= 15 is 0 Å². The summed E-state index contributed by atoms with van der Waals surface area (Å²) in [5, 5.41) is 2.95. The lowest BCUT2D eigenvalue weighted by Gasteiger charge is -2.26. The van der Waals surface area contributed by atoms with Gasteiger partial charge in [0, 0.05) is 43.9 Å². The van der Waals surface area contributed by atoms with Crippen molar-refractivity contribution >= 4 is 5.91 Å². The molecule has 0 bridgehead atoms. The van der Waals surface area contributed by atoms with E-state index in [1.54, 1.807) is 18.3 Å². The number of amides is 1. The lowest BCUT2D eigenvalue weighted by Crippen LogP contribution is -2.38. The molecule has 2 saturated heterocycles. The first kappa shape index (κ1) is 17.1. The van der Waals surface area contributed by atoms with Crippen molar-refractivity contribution in [2.24, 2.45) is 0 Å². The van der Waals surface area contributed by atoms with Crippen LogP contribution in [0.15, 0.2) is 18.3 Å². The first-order valence-corrected chi connectivity index (χ1v) is 8.60. The topological polar surface area (TPSA) is 72.9 Å². The molecule has 2 fully saturated rings. The van der Waals surface area contributed by atoms with E-state index < -0.39 is 0 Å². The number of hydrogen-bond donors (Lipinski definition) is 1. The fourth-order valence-electron chi connectivity index (χ4n) is 2.82. The molecule has 2 aliphatic heterocycles. The Bertz CT molecular complexity index is 528. The molecule has 0 aromatic carbocycles. The summed E-state index contributed by atoms with van der Waals surface area (Å²) in [7, 11) is 0. The summed E-state index contributed by atoms with van der Waals surface area (Å²) in [6.45, 7) is 6.50. The highest BCUT2D eigenvalue weighted by molar-refractivity contribution is 5.94. The number of carbonyl (C=O) groups is 1. The molecular weight excluding hydrogens is 310 g/mol. The Kier molecular flexibility index (Phi) is 6.40. The number of morpholine rings is 1. The zero-order chi connectivity index (χ0) is 16.6. The molecule has 1 N–H and O–H groups in total. The van der Waals surface area contributed by atoms with Gasteiger partial charge in [-0.15, -0.1) is 0 Å². The fraction of sp³-hybridized carbons (Fsp3) is 0.647. The first-order valence-electron chi connectivity index (χ1n) is 8.60. The monoisotopic (exact) mass is 335 g/mol. The Morgan fingerprint density at radius 3 is 3.00 bits per heavy atom. The highest BCUT2D eigenvalue weighted by atomic mass is 16.5. The maximum atomic E-state index is 12.2. The van der Waals surface area contributed by atoms with E-state index in [0.717, 1.165) is 45.7 Å².